The van der Waals surface area contributed by atoms with Gasteiger partial charge in [-0.15, -0.1) is 0 Å². The van der Waals surface area contributed by atoms with Crippen molar-refractivity contribution in [3.63, 3.8) is 0 Å². The average molecular weight is 252 g/mol. The lowest BCUT2D eigenvalue weighted by Crippen LogP contribution is -2.26. The smallest absolute Gasteiger partial charge is 0.150 e. The first kappa shape index (κ1) is 15.2. The maximum atomic E-state index is 4.58. The molecule has 0 bridgehead atoms. The van der Waals surface area contributed by atoms with Crippen LogP contribution in [0, 0.1) is 0 Å². The quantitative estimate of drug-likeness (QED) is 0.687. The third-order valence-corrected chi connectivity index (χ3v) is 3.19. The lowest BCUT2D eigenvalue weighted by molar-refractivity contribution is 0.434. The maximum absolute atomic E-state index is 4.58. The van der Waals surface area contributed by atoms with Gasteiger partial charge in [0, 0.05) is 19.4 Å². The van der Waals surface area contributed by atoms with Crippen LogP contribution in [0.4, 0.5) is 0 Å². The first-order chi connectivity index (χ1) is 8.72. The van der Waals surface area contributed by atoms with E-state index in [0.29, 0.717) is 6.04 Å². The molecule has 104 valence electrons. The summed E-state index contributed by atoms with van der Waals surface area (Å²) in [4.78, 5) is 4.55. The molecular formula is C14H28N4. The van der Waals surface area contributed by atoms with Gasteiger partial charge in [0.25, 0.3) is 0 Å². The Bertz CT molecular complexity index is 333. The summed E-state index contributed by atoms with van der Waals surface area (Å²) in [7, 11) is 0. The number of nitrogens with zero attached hydrogens (tertiary/aromatic N) is 3. The molecule has 1 unspecified atom stereocenters. The minimum absolute atomic E-state index is 0.384. The van der Waals surface area contributed by atoms with Crippen LogP contribution in [0.1, 0.15) is 64.6 Å². The Hall–Kier alpha value is -0.900. The third kappa shape index (κ3) is 4.41. The summed E-state index contributed by atoms with van der Waals surface area (Å²) in [6, 6.07) is 0.384. The molecule has 1 aromatic rings. The van der Waals surface area contributed by atoms with E-state index < -0.39 is 0 Å². The van der Waals surface area contributed by atoms with Crippen LogP contribution in [0.15, 0.2) is 0 Å². The van der Waals surface area contributed by atoms with Gasteiger partial charge in [-0.25, -0.2) is 9.67 Å². The number of aryl methyl sites for hydroxylation is 2. The van der Waals surface area contributed by atoms with Gasteiger partial charge < -0.3 is 5.32 Å². The predicted molar refractivity (Wildman–Crippen MR) is 75.9 cm³/mol. The molecule has 1 N–H and O–H groups in total. The molecule has 18 heavy (non-hydrogen) atoms. The zero-order valence-corrected chi connectivity index (χ0v) is 12.4. The van der Waals surface area contributed by atoms with E-state index in [4.69, 9.17) is 0 Å². The summed E-state index contributed by atoms with van der Waals surface area (Å²) < 4.78 is 2.09. The van der Waals surface area contributed by atoms with Crippen LogP contribution < -0.4 is 5.32 Å². The van der Waals surface area contributed by atoms with Crippen molar-refractivity contribution in [1.82, 2.24) is 20.1 Å². The van der Waals surface area contributed by atoms with Crippen LogP contribution in [0.25, 0.3) is 0 Å². The topological polar surface area (TPSA) is 42.7 Å². The maximum Gasteiger partial charge on any atom is 0.150 e. The highest BCUT2D eigenvalue weighted by Gasteiger charge is 2.12. The van der Waals surface area contributed by atoms with Crippen molar-refractivity contribution in [3.05, 3.63) is 11.6 Å². The molecule has 0 aliphatic rings. The van der Waals surface area contributed by atoms with Gasteiger partial charge >= 0.3 is 0 Å². The van der Waals surface area contributed by atoms with Crippen molar-refractivity contribution in [2.24, 2.45) is 0 Å². The summed E-state index contributed by atoms with van der Waals surface area (Å²) in [5.74, 6) is 2.07. The minimum atomic E-state index is 0.384. The van der Waals surface area contributed by atoms with E-state index in [2.05, 4.69) is 47.8 Å². The van der Waals surface area contributed by atoms with Gasteiger partial charge in [-0.3, -0.25) is 0 Å². The second-order valence-corrected chi connectivity index (χ2v) is 4.86. The fourth-order valence-electron chi connectivity index (χ4n) is 2.05. The van der Waals surface area contributed by atoms with E-state index in [-0.39, 0.29) is 0 Å². The number of unbranched alkanes of at least 4 members (excludes halogenated alkanes) is 2. The van der Waals surface area contributed by atoms with Gasteiger partial charge in [-0.2, -0.15) is 5.10 Å². The highest BCUT2D eigenvalue weighted by molar-refractivity contribution is 4.94. The van der Waals surface area contributed by atoms with E-state index >= 15 is 0 Å². The summed E-state index contributed by atoms with van der Waals surface area (Å²) >= 11 is 0. The van der Waals surface area contributed by atoms with Gasteiger partial charge in [0.05, 0.1) is 6.04 Å². The van der Waals surface area contributed by atoms with E-state index in [9.17, 15) is 0 Å². The van der Waals surface area contributed by atoms with E-state index in [0.717, 1.165) is 37.6 Å². The lowest BCUT2D eigenvalue weighted by Gasteiger charge is -2.14. The third-order valence-electron chi connectivity index (χ3n) is 3.19. The van der Waals surface area contributed by atoms with Crippen molar-refractivity contribution in [2.75, 3.05) is 13.1 Å². The molecule has 0 aromatic carbocycles. The summed E-state index contributed by atoms with van der Waals surface area (Å²) in [6.07, 6.45) is 5.72. The molecule has 0 fully saturated rings. The highest BCUT2D eigenvalue weighted by atomic mass is 15.4. The lowest BCUT2D eigenvalue weighted by atomic mass is 10.2. The van der Waals surface area contributed by atoms with E-state index in [1.807, 2.05) is 0 Å². The number of nitrogens with one attached hydrogen (secondary N) is 1. The van der Waals surface area contributed by atoms with E-state index in [1.165, 1.54) is 19.3 Å². The Morgan fingerprint density at radius 3 is 2.56 bits per heavy atom. The second kappa shape index (κ2) is 8.25. The molecule has 1 aromatic heterocycles. The van der Waals surface area contributed by atoms with Crippen LogP contribution >= 0.6 is 0 Å². The molecule has 0 amide bonds. The van der Waals surface area contributed by atoms with Crippen molar-refractivity contribution in [2.45, 2.75) is 65.8 Å². The monoisotopic (exact) mass is 252 g/mol. The summed E-state index contributed by atoms with van der Waals surface area (Å²) in [5, 5.41) is 8.09. The summed E-state index contributed by atoms with van der Waals surface area (Å²) in [6.45, 7) is 10.8. The SMILES string of the molecule is CCCCCNCC(C)n1nc(CC)nc1CC. The predicted octanol–water partition coefficient (Wildman–Crippen LogP) is 2.74. The Morgan fingerprint density at radius 2 is 1.94 bits per heavy atom. The normalized spacial score (nSPS) is 12.9. The summed E-state index contributed by atoms with van der Waals surface area (Å²) in [5.41, 5.74) is 0. The zero-order chi connectivity index (χ0) is 13.4. The largest absolute Gasteiger partial charge is 0.315 e. The van der Waals surface area contributed by atoms with Crippen molar-refractivity contribution in [3.8, 4) is 0 Å². The van der Waals surface area contributed by atoms with Crippen molar-refractivity contribution >= 4 is 0 Å². The fourth-order valence-corrected chi connectivity index (χ4v) is 2.05. The molecule has 0 aliphatic carbocycles. The van der Waals surface area contributed by atoms with Crippen molar-refractivity contribution < 1.29 is 0 Å². The zero-order valence-electron chi connectivity index (χ0n) is 12.4. The number of hydrogen-bond donors (Lipinski definition) is 1. The standard InChI is InChI=1S/C14H28N4/c1-5-8-9-10-15-11-12(4)18-14(7-3)16-13(6-2)17-18/h12,15H,5-11H2,1-4H3. The van der Waals surface area contributed by atoms with Crippen LogP contribution in [0.3, 0.4) is 0 Å². The van der Waals surface area contributed by atoms with Gasteiger partial charge in [-0.05, 0) is 19.9 Å². The second-order valence-electron chi connectivity index (χ2n) is 4.86. The molecule has 0 spiro atoms. The average Bonchev–Trinajstić information content (AvgIpc) is 2.81. The number of hydrogen-bond acceptors (Lipinski definition) is 3. The molecule has 4 nitrogen and oxygen atoms in total. The van der Waals surface area contributed by atoms with Crippen molar-refractivity contribution in [1.29, 1.82) is 0 Å². The van der Waals surface area contributed by atoms with Crippen LogP contribution in [0.2, 0.25) is 0 Å². The Morgan fingerprint density at radius 1 is 1.17 bits per heavy atom. The molecule has 0 saturated carbocycles. The molecule has 1 atom stereocenters. The van der Waals surface area contributed by atoms with Crippen LogP contribution in [-0.2, 0) is 12.8 Å². The van der Waals surface area contributed by atoms with Crippen LogP contribution in [-0.4, -0.2) is 27.9 Å². The Labute approximate surface area is 111 Å². The number of aromatic nitrogens is 3. The van der Waals surface area contributed by atoms with Gasteiger partial charge in [0.1, 0.15) is 5.82 Å². The van der Waals surface area contributed by atoms with Gasteiger partial charge in [-0.1, -0.05) is 33.6 Å². The first-order valence-electron chi connectivity index (χ1n) is 7.37. The molecule has 4 heteroatoms. The molecule has 0 saturated heterocycles. The molecular weight excluding hydrogens is 224 g/mol. The Kier molecular flexibility index (Phi) is 6.94. The highest BCUT2D eigenvalue weighted by Crippen LogP contribution is 2.09. The van der Waals surface area contributed by atoms with Crippen LogP contribution in [0.5, 0.6) is 0 Å². The molecule has 0 radical (unpaired) electrons. The number of rotatable bonds is 9. The molecule has 1 heterocycles. The molecule has 0 aliphatic heterocycles. The van der Waals surface area contributed by atoms with Gasteiger partial charge in [0.2, 0.25) is 0 Å². The first-order valence-corrected chi connectivity index (χ1v) is 7.37. The van der Waals surface area contributed by atoms with E-state index in [1.54, 1.807) is 0 Å². The molecule has 1 rings (SSSR count). The fraction of sp³-hybridized carbons (Fsp3) is 0.857. The Balaban J connectivity index is 2.44. The minimum Gasteiger partial charge on any atom is -0.315 e. The van der Waals surface area contributed by atoms with Gasteiger partial charge in [0.15, 0.2) is 5.82 Å².